The van der Waals surface area contributed by atoms with Crippen LogP contribution in [0.1, 0.15) is 38.2 Å². The Bertz CT molecular complexity index is 1140. The van der Waals surface area contributed by atoms with Crippen molar-refractivity contribution in [1.82, 2.24) is 14.1 Å². The maximum absolute atomic E-state index is 13.5. The summed E-state index contributed by atoms with van der Waals surface area (Å²) < 4.78 is 34.0. The number of amides is 1. The largest absolute Gasteiger partial charge is 0.379 e. The molecule has 2 aliphatic rings. The summed E-state index contributed by atoms with van der Waals surface area (Å²) in [6, 6.07) is 9.81. The van der Waals surface area contributed by atoms with Crippen LogP contribution in [-0.2, 0) is 21.3 Å². The molecule has 34 heavy (non-hydrogen) atoms. The number of hydrogen-bond acceptors (Lipinski definition) is 5. The van der Waals surface area contributed by atoms with Crippen molar-refractivity contribution in [2.75, 3.05) is 52.5 Å². The molecule has 8 heteroatoms. The van der Waals surface area contributed by atoms with E-state index in [2.05, 4.69) is 4.90 Å². The quantitative estimate of drug-likeness (QED) is 0.651. The van der Waals surface area contributed by atoms with Crippen LogP contribution in [0.4, 0.5) is 0 Å². The van der Waals surface area contributed by atoms with Gasteiger partial charge in [0.15, 0.2) is 0 Å². The Kier molecular flexibility index (Phi) is 7.42. The third-order valence-corrected chi connectivity index (χ3v) is 9.28. The zero-order chi connectivity index (χ0) is 24.5. The topological polar surface area (TPSA) is 70.2 Å². The minimum Gasteiger partial charge on any atom is -0.379 e. The molecule has 0 atom stereocenters. The second-order valence-electron chi connectivity index (χ2n) is 9.37. The van der Waals surface area contributed by atoms with E-state index in [1.165, 1.54) is 4.31 Å². The van der Waals surface area contributed by atoms with Crippen molar-refractivity contribution < 1.29 is 17.9 Å². The highest BCUT2D eigenvalue weighted by atomic mass is 32.2. The monoisotopic (exact) mass is 485 g/mol. The highest BCUT2D eigenvalue weighted by molar-refractivity contribution is 7.89. The van der Waals surface area contributed by atoms with Gasteiger partial charge < -0.3 is 9.64 Å². The number of morpholine rings is 1. The van der Waals surface area contributed by atoms with Crippen LogP contribution < -0.4 is 0 Å². The number of carbonyl (C=O) groups is 1. The van der Waals surface area contributed by atoms with Crippen molar-refractivity contribution in [3.05, 3.63) is 63.7 Å². The Morgan fingerprint density at radius 2 is 1.50 bits per heavy atom. The molecule has 2 fully saturated rings. The minimum atomic E-state index is -3.63. The van der Waals surface area contributed by atoms with Crippen LogP contribution >= 0.6 is 0 Å². The number of aryl methyl sites for hydroxylation is 2. The van der Waals surface area contributed by atoms with E-state index in [1.807, 2.05) is 58.0 Å². The lowest BCUT2D eigenvalue weighted by molar-refractivity contribution is 0.0341. The molecule has 1 amide bonds. The summed E-state index contributed by atoms with van der Waals surface area (Å²) in [6.07, 6.45) is 0. The van der Waals surface area contributed by atoms with Gasteiger partial charge in [-0.25, -0.2) is 8.42 Å². The average molecular weight is 486 g/mol. The van der Waals surface area contributed by atoms with Gasteiger partial charge in [0.05, 0.1) is 18.1 Å². The molecule has 7 nitrogen and oxygen atoms in total. The molecule has 2 heterocycles. The lowest BCUT2D eigenvalue weighted by atomic mass is 10.0. The highest BCUT2D eigenvalue weighted by Crippen LogP contribution is 2.29. The molecule has 0 N–H and O–H groups in total. The van der Waals surface area contributed by atoms with E-state index < -0.39 is 10.0 Å². The Labute approximate surface area is 203 Å². The predicted molar refractivity (Wildman–Crippen MR) is 133 cm³/mol. The maximum atomic E-state index is 13.5. The van der Waals surface area contributed by atoms with Crippen molar-refractivity contribution in [2.24, 2.45) is 0 Å². The van der Waals surface area contributed by atoms with Crippen molar-refractivity contribution >= 4 is 15.9 Å². The van der Waals surface area contributed by atoms with Gasteiger partial charge in [0.2, 0.25) is 10.0 Å². The minimum absolute atomic E-state index is 0.0420. The van der Waals surface area contributed by atoms with E-state index in [4.69, 9.17) is 4.74 Å². The van der Waals surface area contributed by atoms with Crippen molar-refractivity contribution in [2.45, 2.75) is 39.1 Å². The first kappa shape index (κ1) is 24.9. The summed E-state index contributed by atoms with van der Waals surface area (Å²) >= 11 is 0. The van der Waals surface area contributed by atoms with E-state index in [-0.39, 0.29) is 5.91 Å². The molecule has 0 aliphatic carbocycles. The standard InChI is InChI=1S/C26H35N3O4S/c1-19-16-20(2)22(4)25(21(19)3)34(31,32)29-10-8-28(9-11-29)26(30)24-7-5-6-23(17-24)18-27-12-14-33-15-13-27/h5-7,16-17H,8-15,18H2,1-4H3. The van der Waals surface area contributed by atoms with Gasteiger partial charge >= 0.3 is 0 Å². The SMILES string of the molecule is Cc1cc(C)c(C)c(S(=O)(=O)N2CCN(C(=O)c3cccc(CN4CCOCC4)c3)CC2)c1C. The third-order valence-electron chi connectivity index (χ3n) is 7.10. The van der Waals surface area contributed by atoms with Gasteiger partial charge in [0, 0.05) is 51.4 Å². The molecule has 0 bridgehead atoms. The van der Waals surface area contributed by atoms with Crippen LogP contribution in [0.2, 0.25) is 0 Å². The van der Waals surface area contributed by atoms with E-state index in [1.54, 1.807) is 4.90 Å². The third kappa shape index (κ3) is 5.05. The van der Waals surface area contributed by atoms with Crippen LogP contribution in [0.15, 0.2) is 35.2 Å². The van der Waals surface area contributed by atoms with Gasteiger partial charge in [-0.1, -0.05) is 18.2 Å². The van der Waals surface area contributed by atoms with Gasteiger partial charge in [-0.2, -0.15) is 4.31 Å². The smallest absolute Gasteiger partial charge is 0.253 e. The maximum Gasteiger partial charge on any atom is 0.253 e. The number of rotatable bonds is 5. The lowest BCUT2D eigenvalue weighted by Crippen LogP contribution is -2.50. The summed E-state index contributed by atoms with van der Waals surface area (Å²) in [5.41, 5.74) is 5.33. The second-order valence-corrected chi connectivity index (χ2v) is 11.2. The Balaban J connectivity index is 1.44. The van der Waals surface area contributed by atoms with Gasteiger partial charge in [-0.05, 0) is 67.6 Å². The van der Waals surface area contributed by atoms with Crippen molar-refractivity contribution in [3.63, 3.8) is 0 Å². The molecule has 0 saturated carbocycles. The van der Waals surface area contributed by atoms with Crippen LogP contribution in [0.25, 0.3) is 0 Å². The molecule has 0 unspecified atom stereocenters. The van der Waals surface area contributed by atoms with Crippen LogP contribution in [0.3, 0.4) is 0 Å². The fourth-order valence-corrected chi connectivity index (χ4v) is 6.83. The summed E-state index contributed by atoms with van der Waals surface area (Å²) in [6.45, 7) is 13.1. The summed E-state index contributed by atoms with van der Waals surface area (Å²) in [7, 11) is -3.63. The van der Waals surface area contributed by atoms with E-state index in [0.29, 0.717) is 36.6 Å². The average Bonchev–Trinajstić information content (AvgIpc) is 2.83. The fourth-order valence-electron chi connectivity index (χ4n) is 4.83. The highest BCUT2D eigenvalue weighted by Gasteiger charge is 2.33. The molecule has 0 radical (unpaired) electrons. The first-order chi connectivity index (χ1) is 16.2. The molecule has 2 aromatic carbocycles. The van der Waals surface area contributed by atoms with Gasteiger partial charge in [0.1, 0.15) is 0 Å². The second kappa shape index (κ2) is 10.2. The first-order valence-corrected chi connectivity index (χ1v) is 13.4. The van der Waals surface area contributed by atoms with Crippen molar-refractivity contribution in [1.29, 1.82) is 0 Å². The molecular weight excluding hydrogens is 450 g/mol. The summed E-state index contributed by atoms with van der Waals surface area (Å²) in [5.74, 6) is -0.0420. The van der Waals surface area contributed by atoms with E-state index >= 15 is 0 Å². The van der Waals surface area contributed by atoms with Gasteiger partial charge in [0.25, 0.3) is 5.91 Å². The number of carbonyl (C=O) groups excluding carboxylic acids is 1. The zero-order valence-corrected chi connectivity index (χ0v) is 21.5. The molecule has 0 spiro atoms. The predicted octanol–water partition coefficient (Wildman–Crippen LogP) is 2.90. The van der Waals surface area contributed by atoms with Crippen LogP contribution in [-0.4, -0.2) is 80.9 Å². The summed E-state index contributed by atoms with van der Waals surface area (Å²) in [4.78, 5) is 17.7. The Morgan fingerprint density at radius 3 is 2.12 bits per heavy atom. The first-order valence-electron chi connectivity index (χ1n) is 11.9. The number of hydrogen-bond donors (Lipinski definition) is 0. The number of nitrogens with zero attached hydrogens (tertiary/aromatic N) is 3. The molecule has 2 aromatic rings. The van der Waals surface area contributed by atoms with Crippen molar-refractivity contribution in [3.8, 4) is 0 Å². The van der Waals surface area contributed by atoms with E-state index in [9.17, 15) is 13.2 Å². The Morgan fingerprint density at radius 1 is 0.882 bits per heavy atom. The Hall–Kier alpha value is -2.26. The zero-order valence-electron chi connectivity index (χ0n) is 20.6. The summed E-state index contributed by atoms with van der Waals surface area (Å²) in [5, 5.41) is 0. The van der Waals surface area contributed by atoms with Crippen LogP contribution in [0, 0.1) is 27.7 Å². The molecule has 184 valence electrons. The molecule has 2 aliphatic heterocycles. The fraction of sp³-hybridized carbons (Fsp3) is 0.500. The number of piperazine rings is 1. The molecule has 4 rings (SSSR count). The molecular formula is C26H35N3O4S. The van der Waals surface area contributed by atoms with Gasteiger partial charge in [-0.15, -0.1) is 0 Å². The van der Waals surface area contributed by atoms with E-state index in [0.717, 1.165) is 60.7 Å². The molecule has 0 aromatic heterocycles. The number of ether oxygens (including phenoxy) is 1. The molecule has 2 saturated heterocycles. The normalized spacial score (nSPS) is 18.3. The van der Waals surface area contributed by atoms with Crippen LogP contribution in [0.5, 0.6) is 0 Å². The number of benzene rings is 2. The van der Waals surface area contributed by atoms with Gasteiger partial charge in [-0.3, -0.25) is 9.69 Å². The number of sulfonamides is 1. The lowest BCUT2D eigenvalue weighted by Gasteiger charge is -2.35.